The zero-order valence-corrected chi connectivity index (χ0v) is 4.35. The minimum atomic E-state index is -1.58. The molecule has 4 nitrogen and oxygen atoms in total. The van der Waals surface area contributed by atoms with Crippen LogP contribution >= 0.6 is 11.9 Å². The van der Waals surface area contributed by atoms with Gasteiger partial charge in [0.15, 0.2) is 11.9 Å². The van der Waals surface area contributed by atoms with Crippen molar-refractivity contribution in [3.05, 3.63) is 5.21 Å². The molecule has 1 heterocycles. The van der Waals surface area contributed by atoms with Gasteiger partial charge >= 0.3 is 0 Å². The molecule has 1 fully saturated rings. The van der Waals surface area contributed by atoms with Crippen molar-refractivity contribution in [1.29, 1.82) is 0 Å². The molecule has 0 spiro atoms. The number of nitrogens with zero attached hydrogens (tertiary/aromatic N) is 1. The van der Waals surface area contributed by atoms with Crippen molar-refractivity contribution < 1.29 is 14.4 Å². The Labute approximate surface area is 44.9 Å². The van der Waals surface area contributed by atoms with E-state index in [0.29, 0.717) is 12.4 Å². The average Bonchev–Trinajstić information content (AvgIpc) is 1.84. The lowest BCUT2D eigenvalue weighted by atomic mass is 10.9. The van der Waals surface area contributed by atoms with Gasteiger partial charge in [0, 0.05) is 0 Å². The Hall–Kier alpha value is 0.190. The van der Waals surface area contributed by atoms with Gasteiger partial charge < -0.3 is 5.21 Å². The largest absolute Gasteiger partial charge is 0.552 e. The van der Waals surface area contributed by atoms with Gasteiger partial charge in [-0.1, -0.05) is 0 Å². The second-order valence-corrected chi connectivity index (χ2v) is 2.26. The molecule has 0 bridgehead atoms. The van der Waals surface area contributed by atoms with E-state index in [-0.39, 0.29) is 0 Å². The van der Waals surface area contributed by atoms with E-state index in [0.717, 1.165) is 11.9 Å². The smallest absolute Gasteiger partial charge is 0.151 e. The highest BCUT2D eigenvalue weighted by molar-refractivity contribution is 7.93. The van der Waals surface area contributed by atoms with Crippen LogP contribution in [0.3, 0.4) is 0 Å². The number of rotatable bonds is 0. The fourth-order valence-electron chi connectivity index (χ4n) is 0.343. The topological polar surface area (TPSA) is 52.5 Å². The Morgan fingerprint density at radius 3 is 2.71 bits per heavy atom. The number of quaternary nitrogens is 1. The van der Waals surface area contributed by atoms with Gasteiger partial charge in [-0.15, -0.1) is 0 Å². The van der Waals surface area contributed by atoms with Crippen molar-refractivity contribution in [1.82, 2.24) is 0 Å². The molecule has 1 aliphatic heterocycles. The SMILES string of the molecule is [O-][N+]1(O)OCCS1. The van der Waals surface area contributed by atoms with Crippen LogP contribution in [0.2, 0.25) is 0 Å². The Morgan fingerprint density at radius 1 is 1.86 bits per heavy atom. The fraction of sp³-hybridized carbons (Fsp3) is 1.00. The van der Waals surface area contributed by atoms with E-state index in [1.54, 1.807) is 0 Å². The van der Waals surface area contributed by atoms with Gasteiger partial charge in [0.25, 0.3) is 0 Å². The van der Waals surface area contributed by atoms with Crippen LogP contribution in [-0.4, -0.2) is 21.9 Å². The predicted molar refractivity (Wildman–Crippen MR) is 23.8 cm³/mol. The highest BCUT2D eigenvalue weighted by atomic mass is 32.2. The van der Waals surface area contributed by atoms with E-state index in [1.807, 2.05) is 0 Å². The molecule has 7 heavy (non-hydrogen) atoms. The summed E-state index contributed by atoms with van der Waals surface area (Å²) in [6, 6.07) is 0. The van der Waals surface area contributed by atoms with E-state index in [4.69, 9.17) is 5.21 Å². The van der Waals surface area contributed by atoms with Gasteiger partial charge in [-0.05, 0) is 4.38 Å². The highest BCUT2D eigenvalue weighted by Crippen LogP contribution is 2.23. The van der Waals surface area contributed by atoms with Crippen LogP contribution in [0.1, 0.15) is 0 Å². The Balaban J connectivity index is 2.40. The van der Waals surface area contributed by atoms with Crippen molar-refractivity contribution in [2.45, 2.75) is 0 Å². The molecule has 0 amide bonds. The van der Waals surface area contributed by atoms with E-state index in [2.05, 4.69) is 4.84 Å². The fourth-order valence-corrected chi connectivity index (χ4v) is 0.871. The normalized spacial score (nSPS) is 42.0. The van der Waals surface area contributed by atoms with Crippen LogP contribution in [0.5, 0.6) is 0 Å². The molecule has 0 saturated carbocycles. The lowest BCUT2D eigenvalue weighted by Crippen LogP contribution is -2.24. The van der Waals surface area contributed by atoms with Crippen molar-refractivity contribution in [3.63, 3.8) is 0 Å². The highest BCUT2D eigenvalue weighted by Gasteiger charge is 2.25. The first-order valence-corrected chi connectivity index (χ1v) is 2.77. The minimum absolute atomic E-state index is 0.338. The molecule has 0 aromatic carbocycles. The third kappa shape index (κ3) is 1.29. The standard InChI is InChI=1S/C2H5NO3S/c4-3(5)6-1-2-7-3/h4H,1-2H2. The summed E-state index contributed by atoms with van der Waals surface area (Å²) in [5.74, 6) is 0.569. The van der Waals surface area contributed by atoms with Crippen LogP contribution < -0.4 is 0 Å². The lowest BCUT2D eigenvalue weighted by molar-refractivity contribution is -1.11. The Bertz CT molecular complexity index is 67.3. The zero-order valence-electron chi connectivity index (χ0n) is 3.53. The molecule has 1 N–H and O–H groups in total. The summed E-state index contributed by atoms with van der Waals surface area (Å²) in [5.41, 5.74) is 0. The van der Waals surface area contributed by atoms with Crippen LogP contribution in [-0.2, 0) is 4.84 Å². The van der Waals surface area contributed by atoms with Crippen LogP contribution in [0.4, 0.5) is 0 Å². The molecule has 1 atom stereocenters. The van der Waals surface area contributed by atoms with Crippen molar-refractivity contribution >= 4 is 11.9 Å². The monoisotopic (exact) mass is 123 g/mol. The lowest BCUT2D eigenvalue weighted by Gasteiger charge is -2.19. The van der Waals surface area contributed by atoms with Gasteiger partial charge in [0.05, 0.1) is 5.75 Å². The third-order valence-electron chi connectivity index (χ3n) is 0.592. The summed E-state index contributed by atoms with van der Waals surface area (Å²) < 4.78 is -1.58. The molecule has 0 aromatic heterocycles. The van der Waals surface area contributed by atoms with Crippen LogP contribution in [0, 0.1) is 5.21 Å². The first-order valence-electron chi connectivity index (χ1n) is 1.83. The summed E-state index contributed by atoms with van der Waals surface area (Å²) in [4.78, 5) is 4.24. The molecule has 1 saturated heterocycles. The Morgan fingerprint density at radius 2 is 2.57 bits per heavy atom. The maximum absolute atomic E-state index is 10.1. The first-order chi connectivity index (χ1) is 3.21. The molecule has 42 valence electrons. The second kappa shape index (κ2) is 1.61. The summed E-state index contributed by atoms with van der Waals surface area (Å²) >= 11 is 0.815. The molecular formula is C2H5NO3S. The molecular weight excluding hydrogens is 118 g/mol. The summed E-state index contributed by atoms with van der Waals surface area (Å²) in [6.07, 6.45) is 0. The van der Waals surface area contributed by atoms with Crippen molar-refractivity contribution in [2.75, 3.05) is 12.4 Å². The van der Waals surface area contributed by atoms with Gasteiger partial charge in [-0.25, -0.2) is 0 Å². The number of hydrogen-bond donors (Lipinski definition) is 1. The summed E-state index contributed by atoms with van der Waals surface area (Å²) in [7, 11) is 0. The summed E-state index contributed by atoms with van der Waals surface area (Å²) in [5, 5.41) is 18.5. The molecule has 0 radical (unpaired) electrons. The molecule has 5 heteroatoms. The van der Waals surface area contributed by atoms with Crippen LogP contribution in [0.25, 0.3) is 0 Å². The van der Waals surface area contributed by atoms with E-state index in [1.165, 1.54) is 0 Å². The molecule has 0 aliphatic carbocycles. The maximum Gasteiger partial charge on any atom is 0.151 e. The van der Waals surface area contributed by atoms with E-state index < -0.39 is 4.38 Å². The van der Waals surface area contributed by atoms with Gasteiger partial charge in [0.2, 0.25) is 0 Å². The Kier molecular flexibility index (Phi) is 1.22. The maximum atomic E-state index is 10.1. The third-order valence-corrected chi connectivity index (χ3v) is 1.37. The van der Waals surface area contributed by atoms with E-state index >= 15 is 0 Å². The number of hydrogen-bond acceptors (Lipinski definition) is 4. The van der Waals surface area contributed by atoms with Crippen LogP contribution in [0.15, 0.2) is 0 Å². The zero-order chi connectivity index (χ0) is 5.33. The molecule has 1 unspecified atom stereocenters. The van der Waals surface area contributed by atoms with Crippen molar-refractivity contribution in [3.8, 4) is 0 Å². The van der Waals surface area contributed by atoms with Crippen molar-refractivity contribution in [2.24, 2.45) is 0 Å². The second-order valence-electron chi connectivity index (χ2n) is 1.14. The average molecular weight is 123 g/mol. The molecule has 1 rings (SSSR count). The van der Waals surface area contributed by atoms with Gasteiger partial charge in [-0.3, -0.25) is 0 Å². The van der Waals surface area contributed by atoms with Gasteiger partial charge in [-0.2, -0.15) is 10.0 Å². The molecule has 0 aromatic rings. The summed E-state index contributed by atoms with van der Waals surface area (Å²) in [6.45, 7) is 0.338. The quantitative estimate of drug-likeness (QED) is 0.285. The molecule has 1 aliphatic rings. The predicted octanol–water partition coefficient (Wildman–Crippen LogP) is 0.284. The first kappa shape index (κ1) is 5.33. The minimum Gasteiger partial charge on any atom is -0.552 e. The van der Waals surface area contributed by atoms with E-state index in [9.17, 15) is 5.21 Å². The van der Waals surface area contributed by atoms with Gasteiger partial charge in [0.1, 0.15) is 6.61 Å².